The molecule has 0 bridgehead atoms. The maximum atomic E-state index is 14.0. The quantitative estimate of drug-likeness (QED) is 0.210. The van der Waals surface area contributed by atoms with Gasteiger partial charge in [0, 0.05) is 29.7 Å². The highest BCUT2D eigenvalue weighted by molar-refractivity contribution is 5.80. The second kappa shape index (κ2) is 13.2. The van der Waals surface area contributed by atoms with Gasteiger partial charge in [0.2, 0.25) is 0 Å². The number of rotatable bonds is 11. The molecule has 45 heavy (non-hydrogen) atoms. The van der Waals surface area contributed by atoms with Gasteiger partial charge >= 0.3 is 11.7 Å². The van der Waals surface area contributed by atoms with Crippen LogP contribution in [0.15, 0.2) is 68.8 Å². The fourth-order valence-electron chi connectivity index (χ4n) is 4.91. The zero-order valence-corrected chi connectivity index (χ0v) is 26.2. The van der Waals surface area contributed by atoms with Crippen LogP contribution in [-0.2, 0) is 35.6 Å². The first-order chi connectivity index (χ1) is 21.5. The van der Waals surface area contributed by atoms with Gasteiger partial charge in [-0.3, -0.25) is 23.7 Å². The summed E-state index contributed by atoms with van der Waals surface area (Å²) in [5.41, 5.74) is 4.53. The highest BCUT2D eigenvalue weighted by Gasteiger charge is 2.23. The third-order valence-corrected chi connectivity index (χ3v) is 7.41. The molecule has 12 heteroatoms. The van der Waals surface area contributed by atoms with Crippen LogP contribution in [0.25, 0.3) is 22.5 Å². The molecule has 234 valence electrons. The lowest BCUT2D eigenvalue weighted by Crippen LogP contribution is -2.30. The normalized spacial score (nSPS) is 11.6. The zero-order chi connectivity index (χ0) is 32.1. The lowest BCUT2D eigenvalue weighted by atomic mass is 9.98. The maximum absolute atomic E-state index is 14.0. The van der Waals surface area contributed by atoms with Crippen molar-refractivity contribution in [2.75, 3.05) is 0 Å². The average Bonchev–Trinajstić information content (AvgIpc) is 3.67. The highest BCUT2D eigenvalue weighted by Crippen LogP contribution is 2.30. The van der Waals surface area contributed by atoms with E-state index in [1.807, 2.05) is 55.5 Å². The Labute approximate surface area is 260 Å². The number of carbonyl (C=O) groups excluding carboxylic acids is 1. The van der Waals surface area contributed by atoms with Gasteiger partial charge in [0.15, 0.2) is 12.6 Å². The number of ether oxygens (including phenoxy) is 1. The Hall–Kier alpha value is -5.13. The number of nitrogens with one attached hydrogen (secondary N) is 1. The number of aromatic nitrogens is 7. The number of unbranched alkanes of at least 4 members (excludes halogenated alkanes) is 1. The lowest BCUT2D eigenvalue weighted by Gasteiger charge is -2.16. The predicted molar refractivity (Wildman–Crippen MR) is 167 cm³/mol. The molecule has 0 spiro atoms. The molecule has 0 amide bonds. The van der Waals surface area contributed by atoms with Gasteiger partial charge in [0.25, 0.3) is 5.56 Å². The number of benzene rings is 2. The van der Waals surface area contributed by atoms with Gasteiger partial charge in [-0.1, -0.05) is 72.2 Å². The SMILES string of the molecule is CCCCc1nc(C)c(Cc2cn(COC(=O)C(C)(C)C)nn2)c(=O)n1Cc1ccc(-c2ccccc2-c2noc(=O)[nH]2)cc1. The summed E-state index contributed by atoms with van der Waals surface area (Å²) in [6, 6.07) is 15.5. The minimum atomic E-state index is -0.624. The number of aryl methyl sites for hydroxylation is 2. The third-order valence-electron chi connectivity index (χ3n) is 7.41. The van der Waals surface area contributed by atoms with E-state index in [1.165, 1.54) is 4.68 Å². The average molecular weight is 612 g/mol. The van der Waals surface area contributed by atoms with Crippen LogP contribution in [0, 0.1) is 12.3 Å². The zero-order valence-electron chi connectivity index (χ0n) is 26.2. The monoisotopic (exact) mass is 611 g/mol. The number of esters is 1. The Balaban J connectivity index is 1.40. The molecule has 0 atom stereocenters. The van der Waals surface area contributed by atoms with Crippen LogP contribution in [0.4, 0.5) is 0 Å². The molecule has 0 radical (unpaired) electrons. The molecule has 1 N–H and O–H groups in total. The summed E-state index contributed by atoms with van der Waals surface area (Å²) in [7, 11) is 0. The molecule has 0 aliphatic carbocycles. The summed E-state index contributed by atoms with van der Waals surface area (Å²) in [6.45, 7) is 9.60. The number of hydrogen-bond donors (Lipinski definition) is 1. The van der Waals surface area contributed by atoms with E-state index >= 15 is 0 Å². The van der Waals surface area contributed by atoms with Gasteiger partial charge in [-0.15, -0.1) is 5.10 Å². The van der Waals surface area contributed by atoms with Crippen LogP contribution >= 0.6 is 0 Å². The summed E-state index contributed by atoms with van der Waals surface area (Å²) in [6.07, 6.45) is 4.49. The Bertz CT molecular complexity index is 1910. The van der Waals surface area contributed by atoms with Crippen molar-refractivity contribution < 1.29 is 14.1 Å². The lowest BCUT2D eigenvalue weighted by molar-refractivity contribution is -0.157. The highest BCUT2D eigenvalue weighted by atomic mass is 16.5. The van der Waals surface area contributed by atoms with Crippen LogP contribution in [0.5, 0.6) is 0 Å². The molecule has 12 nitrogen and oxygen atoms in total. The molecule has 5 aromatic rings. The summed E-state index contributed by atoms with van der Waals surface area (Å²) in [4.78, 5) is 45.1. The van der Waals surface area contributed by atoms with Crippen molar-refractivity contribution >= 4 is 5.97 Å². The Morgan fingerprint density at radius 2 is 1.78 bits per heavy atom. The summed E-state index contributed by atoms with van der Waals surface area (Å²) >= 11 is 0. The van der Waals surface area contributed by atoms with E-state index in [2.05, 4.69) is 27.4 Å². The van der Waals surface area contributed by atoms with E-state index < -0.39 is 11.2 Å². The first kappa shape index (κ1) is 31.3. The predicted octanol–water partition coefficient (Wildman–Crippen LogP) is 4.68. The number of carbonyl (C=O) groups is 1. The first-order valence-electron chi connectivity index (χ1n) is 14.9. The first-order valence-corrected chi connectivity index (χ1v) is 14.9. The van der Waals surface area contributed by atoms with Crippen molar-refractivity contribution in [1.82, 2.24) is 34.7 Å². The molecule has 0 saturated heterocycles. The van der Waals surface area contributed by atoms with Gasteiger partial charge in [-0.25, -0.2) is 14.5 Å². The van der Waals surface area contributed by atoms with Crippen molar-refractivity contribution in [2.45, 2.75) is 73.6 Å². The van der Waals surface area contributed by atoms with Crippen molar-refractivity contribution in [3.05, 3.63) is 104 Å². The number of nitrogens with zero attached hydrogens (tertiary/aromatic N) is 6. The van der Waals surface area contributed by atoms with Crippen LogP contribution in [0.1, 0.15) is 68.9 Å². The van der Waals surface area contributed by atoms with E-state index in [0.717, 1.165) is 40.9 Å². The van der Waals surface area contributed by atoms with Crippen molar-refractivity contribution in [2.24, 2.45) is 5.41 Å². The summed E-state index contributed by atoms with van der Waals surface area (Å²) in [5, 5.41) is 12.1. The van der Waals surface area contributed by atoms with Gasteiger partial charge in [0.05, 0.1) is 23.9 Å². The van der Waals surface area contributed by atoms with E-state index in [1.54, 1.807) is 31.5 Å². The molecule has 5 rings (SSSR count). The van der Waals surface area contributed by atoms with Gasteiger partial charge in [-0.05, 0) is 50.8 Å². The van der Waals surface area contributed by atoms with Crippen LogP contribution in [0.2, 0.25) is 0 Å². The van der Waals surface area contributed by atoms with Crippen molar-refractivity contribution in [3.63, 3.8) is 0 Å². The van der Waals surface area contributed by atoms with Crippen LogP contribution in [-0.4, -0.2) is 40.7 Å². The smallest absolute Gasteiger partial charge is 0.439 e. The minimum Gasteiger partial charge on any atom is -0.442 e. The molecule has 0 fully saturated rings. The molecule has 3 heterocycles. The third kappa shape index (κ3) is 7.34. The van der Waals surface area contributed by atoms with E-state index in [0.29, 0.717) is 35.7 Å². The van der Waals surface area contributed by atoms with Crippen molar-refractivity contribution in [3.8, 4) is 22.5 Å². The van der Waals surface area contributed by atoms with E-state index in [9.17, 15) is 14.4 Å². The van der Waals surface area contributed by atoms with Gasteiger partial charge in [-0.2, -0.15) is 0 Å². The number of H-pyrrole nitrogens is 1. The molecule has 0 unspecified atom stereocenters. The maximum Gasteiger partial charge on any atom is 0.439 e. The molecule has 2 aromatic carbocycles. The summed E-state index contributed by atoms with van der Waals surface area (Å²) < 4.78 is 13.2. The standard InChI is InChI=1S/C33H37N7O5/c1-6-7-12-28-34-21(2)27(17-24-19-39(38-36-24)20-44-31(42)33(3,4)5)30(41)40(28)18-22-13-15-23(16-14-22)25-10-8-9-11-26(25)29-35-32(43)45-37-29/h8-11,13-16,19H,6-7,12,17-18,20H2,1-5H3,(H,35,37,43). The Kier molecular flexibility index (Phi) is 9.21. The fourth-order valence-corrected chi connectivity index (χ4v) is 4.91. The molecular formula is C33H37N7O5. The summed E-state index contributed by atoms with van der Waals surface area (Å²) in [5.74, 6) is 0.145. The molecule has 3 aromatic heterocycles. The molecule has 0 aliphatic rings. The number of hydrogen-bond acceptors (Lipinski definition) is 9. The second-order valence-electron chi connectivity index (χ2n) is 12.0. The van der Waals surface area contributed by atoms with Crippen LogP contribution in [0.3, 0.4) is 0 Å². The Morgan fingerprint density at radius 1 is 1.04 bits per heavy atom. The largest absolute Gasteiger partial charge is 0.442 e. The van der Waals surface area contributed by atoms with E-state index in [-0.39, 0.29) is 24.7 Å². The minimum absolute atomic E-state index is 0.0580. The van der Waals surface area contributed by atoms with Gasteiger partial charge in [0.1, 0.15) is 5.82 Å². The van der Waals surface area contributed by atoms with Crippen molar-refractivity contribution in [1.29, 1.82) is 0 Å². The molecule has 0 aliphatic heterocycles. The number of aromatic amines is 1. The van der Waals surface area contributed by atoms with Crippen LogP contribution < -0.4 is 11.3 Å². The Morgan fingerprint density at radius 3 is 2.44 bits per heavy atom. The van der Waals surface area contributed by atoms with Gasteiger partial charge < -0.3 is 4.74 Å². The fraction of sp³-hybridized carbons (Fsp3) is 0.364. The molecule has 0 saturated carbocycles. The topological polar surface area (TPSA) is 151 Å². The second-order valence-corrected chi connectivity index (χ2v) is 12.0. The molecular weight excluding hydrogens is 574 g/mol. The van der Waals surface area contributed by atoms with E-state index in [4.69, 9.17) is 14.2 Å².